The number of nitrogens with zero attached hydrogens (tertiary/aromatic N) is 1. The number of rotatable bonds is 23. The number of thioether (sulfide) groups is 1. The number of aromatic nitrogens is 1. The normalized spacial score (nSPS) is 14.2. The standard InChI is InChI=1S/C34H46IN3O9S2/c1-22-36-18-29(49-22)33(44)38-27(20-46-5)28(40)17-25(19-45-4)32(43)37-26(16-24-12-8-6-9-13-24)31(42)34(3,21-35)47-30(41)14-10-7-11-15-48-23(2)39/h6,8-9,12-13,18,25-27H,7,10-11,14-17,19-21H2,1-5H3,(H,37,43)(H,38,44)/t25-,26-,27-,34+/m0/s1. The molecule has 0 bridgehead atoms. The molecule has 0 aliphatic rings. The first-order valence-corrected chi connectivity index (χ1v) is 19.2. The fourth-order valence-electron chi connectivity index (χ4n) is 4.82. The molecule has 1 aromatic carbocycles. The number of carbonyl (C=O) groups is 6. The number of Topliss-reactive ketones (excluding diaryl/α,β-unsaturated/α-hetero) is 2. The molecule has 2 rings (SSSR count). The van der Waals surface area contributed by atoms with Gasteiger partial charge >= 0.3 is 5.97 Å². The third-order valence-corrected chi connectivity index (χ3v) is 10.7. The molecule has 0 saturated heterocycles. The molecule has 0 radical (unpaired) electrons. The number of benzene rings is 1. The molecule has 0 unspecified atom stereocenters. The summed E-state index contributed by atoms with van der Waals surface area (Å²) in [6.07, 6.45) is 3.41. The van der Waals surface area contributed by atoms with Crippen molar-refractivity contribution in [2.24, 2.45) is 5.92 Å². The molecule has 15 heteroatoms. The van der Waals surface area contributed by atoms with Gasteiger partial charge in [0.2, 0.25) is 5.91 Å². The predicted molar refractivity (Wildman–Crippen MR) is 197 cm³/mol. The second kappa shape index (κ2) is 22.2. The van der Waals surface area contributed by atoms with Crippen LogP contribution in [0.2, 0.25) is 0 Å². The van der Waals surface area contributed by atoms with Gasteiger partial charge in [0.15, 0.2) is 22.3 Å². The zero-order valence-electron chi connectivity index (χ0n) is 28.6. The van der Waals surface area contributed by atoms with Gasteiger partial charge in [-0.25, -0.2) is 4.98 Å². The molecule has 0 fully saturated rings. The van der Waals surface area contributed by atoms with Crippen LogP contribution in [0.1, 0.15) is 66.2 Å². The molecular weight excluding hydrogens is 785 g/mol. The van der Waals surface area contributed by atoms with E-state index in [1.807, 2.05) is 52.9 Å². The van der Waals surface area contributed by atoms with Crippen molar-refractivity contribution in [1.29, 1.82) is 0 Å². The van der Waals surface area contributed by atoms with Gasteiger partial charge in [0.1, 0.15) is 10.9 Å². The first kappa shape index (κ1) is 42.4. The molecule has 49 heavy (non-hydrogen) atoms. The third kappa shape index (κ3) is 15.0. The van der Waals surface area contributed by atoms with Crippen LogP contribution in [0.3, 0.4) is 0 Å². The Morgan fingerprint density at radius 3 is 2.27 bits per heavy atom. The number of methoxy groups -OCH3 is 2. The minimum atomic E-state index is -1.54. The average Bonchev–Trinajstić information content (AvgIpc) is 3.51. The Bertz CT molecular complexity index is 1410. The van der Waals surface area contributed by atoms with Gasteiger partial charge in [-0.15, -0.1) is 11.3 Å². The van der Waals surface area contributed by atoms with Crippen LogP contribution in [0.15, 0.2) is 36.5 Å². The summed E-state index contributed by atoms with van der Waals surface area (Å²) in [6.45, 7) is 4.56. The molecule has 0 aliphatic heterocycles. The number of thiazole rings is 1. The number of ketones is 2. The molecule has 4 atom stereocenters. The van der Waals surface area contributed by atoms with Crippen LogP contribution in [-0.2, 0) is 44.6 Å². The highest BCUT2D eigenvalue weighted by Gasteiger charge is 2.42. The summed E-state index contributed by atoms with van der Waals surface area (Å²) < 4.78 is 16.4. The van der Waals surface area contributed by atoms with Gasteiger partial charge in [-0.05, 0) is 38.7 Å². The number of ether oxygens (including phenoxy) is 3. The van der Waals surface area contributed by atoms with Crippen molar-refractivity contribution in [3.63, 3.8) is 0 Å². The van der Waals surface area contributed by atoms with E-state index in [1.165, 1.54) is 57.4 Å². The van der Waals surface area contributed by atoms with E-state index in [1.54, 1.807) is 6.92 Å². The maximum atomic E-state index is 14.1. The summed E-state index contributed by atoms with van der Waals surface area (Å²) >= 11 is 4.42. The van der Waals surface area contributed by atoms with Gasteiger partial charge in [0, 0.05) is 44.2 Å². The van der Waals surface area contributed by atoms with E-state index in [9.17, 15) is 28.8 Å². The Kier molecular flexibility index (Phi) is 19.2. The minimum Gasteiger partial charge on any atom is -0.450 e. The Morgan fingerprint density at radius 2 is 1.67 bits per heavy atom. The van der Waals surface area contributed by atoms with E-state index < -0.39 is 53.0 Å². The van der Waals surface area contributed by atoms with E-state index in [4.69, 9.17) is 14.2 Å². The molecule has 1 aromatic heterocycles. The Morgan fingerprint density at radius 1 is 0.980 bits per heavy atom. The predicted octanol–water partition coefficient (Wildman–Crippen LogP) is 4.29. The van der Waals surface area contributed by atoms with Crippen molar-refractivity contribution < 1.29 is 43.0 Å². The maximum Gasteiger partial charge on any atom is 0.306 e. The molecule has 0 spiro atoms. The number of hydrogen-bond donors (Lipinski definition) is 2. The molecule has 2 amide bonds. The lowest BCUT2D eigenvalue weighted by Gasteiger charge is -2.31. The number of amides is 2. The van der Waals surface area contributed by atoms with E-state index in [2.05, 4.69) is 15.6 Å². The summed E-state index contributed by atoms with van der Waals surface area (Å²) in [6, 6.07) is 6.98. The zero-order chi connectivity index (χ0) is 36.4. The number of halogens is 1. The van der Waals surface area contributed by atoms with E-state index in [0.717, 1.165) is 18.4 Å². The fraction of sp³-hybridized carbons (Fsp3) is 0.559. The van der Waals surface area contributed by atoms with Crippen molar-refractivity contribution in [1.82, 2.24) is 15.6 Å². The van der Waals surface area contributed by atoms with Gasteiger partial charge < -0.3 is 24.8 Å². The molecule has 12 nitrogen and oxygen atoms in total. The number of esters is 1. The Labute approximate surface area is 309 Å². The van der Waals surface area contributed by atoms with Crippen LogP contribution < -0.4 is 10.6 Å². The first-order chi connectivity index (χ1) is 23.3. The summed E-state index contributed by atoms with van der Waals surface area (Å²) in [5.74, 6) is -2.88. The van der Waals surface area contributed by atoms with Crippen molar-refractivity contribution in [3.05, 3.63) is 52.0 Å². The third-order valence-electron chi connectivity index (χ3n) is 7.42. The van der Waals surface area contributed by atoms with Gasteiger partial charge in [0.05, 0.1) is 36.4 Å². The Balaban J connectivity index is 2.19. The Hall–Kier alpha value is -2.73. The summed E-state index contributed by atoms with van der Waals surface area (Å²) in [7, 11) is 2.79. The first-order valence-electron chi connectivity index (χ1n) is 15.9. The van der Waals surface area contributed by atoms with Crippen LogP contribution in [0.5, 0.6) is 0 Å². The van der Waals surface area contributed by atoms with Crippen LogP contribution in [0, 0.1) is 12.8 Å². The number of carbonyl (C=O) groups excluding carboxylic acids is 6. The molecule has 2 N–H and O–H groups in total. The molecule has 270 valence electrons. The van der Waals surface area contributed by atoms with Gasteiger partial charge in [-0.1, -0.05) is 71.1 Å². The number of alkyl halides is 1. The summed E-state index contributed by atoms with van der Waals surface area (Å²) in [4.78, 5) is 82.4. The second-order valence-corrected chi connectivity index (χ2v) is 14.9. The molecule has 0 aliphatic carbocycles. The van der Waals surface area contributed by atoms with Crippen LogP contribution in [0.4, 0.5) is 0 Å². The average molecular weight is 832 g/mol. The molecule has 0 saturated carbocycles. The SMILES string of the molecule is COC[C@H](CC(=O)[C@H](COC)NC(=O)c1cnc(C)s1)C(=O)N[C@@H](Cc1ccccc1)C(=O)[C@@](C)(CI)OC(=O)CCCCCSC(C)=O. The molecular formula is C34H46IN3O9S2. The quantitative estimate of drug-likeness (QED) is 0.0710. The lowest BCUT2D eigenvalue weighted by molar-refractivity contribution is -0.164. The zero-order valence-corrected chi connectivity index (χ0v) is 32.4. The number of hydrogen-bond acceptors (Lipinski definition) is 12. The van der Waals surface area contributed by atoms with Crippen molar-refractivity contribution in [3.8, 4) is 0 Å². The smallest absolute Gasteiger partial charge is 0.306 e. The largest absolute Gasteiger partial charge is 0.450 e. The number of aryl methyl sites for hydroxylation is 1. The monoisotopic (exact) mass is 831 g/mol. The lowest BCUT2D eigenvalue weighted by Crippen LogP contribution is -2.55. The molecule has 2 aromatic rings. The minimum absolute atomic E-state index is 0.0506. The summed E-state index contributed by atoms with van der Waals surface area (Å²) in [5.41, 5.74) is -0.767. The van der Waals surface area contributed by atoms with E-state index >= 15 is 0 Å². The fourth-order valence-corrected chi connectivity index (χ4v) is 6.67. The second-order valence-electron chi connectivity index (χ2n) is 11.7. The molecule has 1 heterocycles. The van der Waals surface area contributed by atoms with Gasteiger partial charge in [-0.3, -0.25) is 28.8 Å². The highest BCUT2D eigenvalue weighted by molar-refractivity contribution is 14.1. The van der Waals surface area contributed by atoms with Crippen molar-refractivity contribution in [2.45, 2.75) is 77.0 Å². The van der Waals surface area contributed by atoms with Gasteiger partial charge in [-0.2, -0.15) is 0 Å². The van der Waals surface area contributed by atoms with E-state index in [-0.39, 0.29) is 42.0 Å². The highest BCUT2D eigenvalue weighted by Crippen LogP contribution is 2.22. The topological polar surface area (TPSA) is 167 Å². The van der Waals surface area contributed by atoms with Crippen molar-refractivity contribution >= 4 is 80.2 Å². The van der Waals surface area contributed by atoms with E-state index in [0.29, 0.717) is 22.1 Å². The maximum absolute atomic E-state index is 14.1. The van der Waals surface area contributed by atoms with Crippen molar-refractivity contribution in [2.75, 3.05) is 37.6 Å². The summed E-state index contributed by atoms with van der Waals surface area (Å²) in [5, 5.41) is 6.23. The number of nitrogens with one attached hydrogen (secondary N) is 2. The number of unbranched alkanes of at least 4 members (excludes halogenated alkanes) is 2. The highest BCUT2D eigenvalue weighted by atomic mass is 127. The van der Waals surface area contributed by atoms with Gasteiger partial charge in [0.25, 0.3) is 5.91 Å². The van der Waals surface area contributed by atoms with Crippen LogP contribution in [-0.4, -0.2) is 94.7 Å². The lowest BCUT2D eigenvalue weighted by atomic mass is 9.91. The van der Waals surface area contributed by atoms with Crippen LogP contribution >= 0.6 is 45.7 Å². The van der Waals surface area contributed by atoms with Crippen LogP contribution in [0.25, 0.3) is 0 Å².